The number of likely N-dealkylation sites (tertiary alicyclic amines) is 1. The lowest BCUT2D eigenvalue weighted by molar-refractivity contribution is -0.126. The first-order valence-corrected chi connectivity index (χ1v) is 9.24. The number of amides is 2. The molecule has 2 heterocycles. The van der Waals surface area contributed by atoms with Crippen molar-refractivity contribution in [3.8, 4) is 0 Å². The molecule has 2 amide bonds. The van der Waals surface area contributed by atoms with Crippen LogP contribution in [0.3, 0.4) is 0 Å². The summed E-state index contributed by atoms with van der Waals surface area (Å²) in [7, 11) is 1.81. The number of hydrogen-bond acceptors (Lipinski definition) is 4. The van der Waals surface area contributed by atoms with Crippen LogP contribution in [0.15, 0.2) is 18.2 Å². The molecule has 3 N–H and O–H groups in total. The van der Waals surface area contributed by atoms with Crippen molar-refractivity contribution in [2.45, 2.75) is 25.3 Å². The smallest absolute Gasteiger partial charge is 0.255 e. The molecule has 7 heteroatoms. The first-order chi connectivity index (χ1) is 12.1. The second-order valence-corrected chi connectivity index (χ2v) is 7.12. The Morgan fingerprint density at radius 2 is 2.00 bits per heavy atom. The van der Waals surface area contributed by atoms with Gasteiger partial charge in [0.2, 0.25) is 5.91 Å². The number of anilines is 1. The van der Waals surface area contributed by atoms with E-state index < -0.39 is 0 Å². The van der Waals surface area contributed by atoms with Crippen molar-refractivity contribution < 1.29 is 9.59 Å². The molecular formula is C18H25ClN4O2. The molecule has 6 nitrogen and oxygen atoms in total. The summed E-state index contributed by atoms with van der Waals surface area (Å²) in [5.74, 6) is 0.0514. The summed E-state index contributed by atoms with van der Waals surface area (Å²) in [5, 5.41) is 9.82. The lowest BCUT2D eigenvalue weighted by atomic mass is 9.95. The van der Waals surface area contributed by atoms with Crippen LogP contribution in [-0.2, 0) is 4.79 Å². The maximum Gasteiger partial charge on any atom is 0.255 e. The SMILES string of the molecule is CNc1ccc(C(=O)N2CCC(C(=O)NC3CCNC3)CC2)c(Cl)c1. The Balaban J connectivity index is 1.54. The molecule has 1 atom stereocenters. The molecule has 1 aromatic rings. The molecule has 2 aliphatic rings. The molecule has 0 spiro atoms. The van der Waals surface area contributed by atoms with Gasteiger partial charge >= 0.3 is 0 Å². The highest BCUT2D eigenvalue weighted by Crippen LogP contribution is 2.25. The molecule has 3 rings (SSSR count). The molecular weight excluding hydrogens is 340 g/mol. The number of piperidine rings is 1. The fraction of sp³-hybridized carbons (Fsp3) is 0.556. The third kappa shape index (κ3) is 4.25. The predicted molar refractivity (Wildman–Crippen MR) is 99.0 cm³/mol. The van der Waals surface area contributed by atoms with Crippen LogP contribution in [0, 0.1) is 5.92 Å². The van der Waals surface area contributed by atoms with Gasteiger partial charge in [-0.2, -0.15) is 0 Å². The normalized spacial score (nSPS) is 21.2. The largest absolute Gasteiger partial charge is 0.388 e. The highest BCUT2D eigenvalue weighted by atomic mass is 35.5. The number of nitrogens with zero attached hydrogens (tertiary/aromatic N) is 1. The van der Waals surface area contributed by atoms with E-state index in [0.717, 1.165) is 25.2 Å². The number of rotatable bonds is 4. The van der Waals surface area contributed by atoms with Gasteiger partial charge in [-0.05, 0) is 44.0 Å². The van der Waals surface area contributed by atoms with Crippen molar-refractivity contribution in [2.75, 3.05) is 38.5 Å². The summed E-state index contributed by atoms with van der Waals surface area (Å²) in [4.78, 5) is 26.8. The van der Waals surface area contributed by atoms with Crippen LogP contribution in [0.4, 0.5) is 5.69 Å². The highest BCUT2D eigenvalue weighted by molar-refractivity contribution is 6.34. The molecule has 2 aliphatic heterocycles. The van der Waals surface area contributed by atoms with Crippen molar-refractivity contribution in [3.63, 3.8) is 0 Å². The molecule has 0 bridgehead atoms. The van der Waals surface area contributed by atoms with E-state index in [1.807, 2.05) is 13.1 Å². The van der Waals surface area contributed by atoms with Crippen LogP contribution < -0.4 is 16.0 Å². The van der Waals surface area contributed by atoms with Gasteiger partial charge in [-0.25, -0.2) is 0 Å². The number of hydrogen-bond donors (Lipinski definition) is 3. The summed E-state index contributed by atoms with van der Waals surface area (Å²) >= 11 is 6.24. The Morgan fingerprint density at radius 3 is 2.60 bits per heavy atom. The van der Waals surface area contributed by atoms with Gasteiger partial charge in [0.1, 0.15) is 0 Å². The van der Waals surface area contributed by atoms with Crippen molar-refractivity contribution >= 4 is 29.1 Å². The molecule has 0 aromatic heterocycles. The van der Waals surface area contributed by atoms with Gasteiger partial charge in [0, 0.05) is 44.3 Å². The average Bonchev–Trinajstić information content (AvgIpc) is 3.14. The minimum atomic E-state index is -0.0634. The quantitative estimate of drug-likeness (QED) is 0.760. The van der Waals surface area contributed by atoms with Gasteiger partial charge in [0.25, 0.3) is 5.91 Å². The predicted octanol–water partition coefficient (Wildman–Crippen LogP) is 1.71. The maximum absolute atomic E-state index is 12.7. The molecule has 1 aromatic carbocycles. The molecule has 25 heavy (non-hydrogen) atoms. The van der Waals surface area contributed by atoms with E-state index in [1.165, 1.54) is 0 Å². The summed E-state index contributed by atoms with van der Waals surface area (Å²) in [5.41, 5.74) is 1.39. The van der Waals surface area contributed by atoms with Crippen molar-refractivity contribution in [1.82, 2.24) is 15.5 Å². The third-order valence-corrected chi connectivity index (χ3v) is 5.36. The molecule has 0 aliphatic carbocycles. The van der Waals surface area contributed by atoms with Gasteiger partial charge in [0.05, 0.1) is 10.6 Å². The number of nitrogens with one attached hydrogen (secondary N) is 3. The molecule has 136 valence electrons. The summed E-state index contributed by atoms with van der Waals surface area (Å²) in [6.07, 6.45) is 2.39. The molecule has 0 saturated carbocycles. The maximum atomic E-state index is 12.7. The van der Waals surface area contributed by atoms with Crippen LogP contribution in [-0.4, -0.2) is 56.0 Å². The first-order valence-electron chi connectivity index (χ1n) is 8.86. The fourth-order valence-corrected chi connectivity index (χ4v) is 3.72. The van der Waals surface area contributed by atoms with Crippen LogP contribution in [0.5, 0.6) is 0 Å². The second kappa shape index (κ2) is 8.06. The fourth-order valence-electron chi connectivity index (χ4n) is 3.46. The van der Waals surface area contributed by atoms with Crippen LogP contribution >= 0.6 is 11.6 Å². The average molecular weight is 365 g/mol. The van der Waals surface area contributed by atoms with E-state index in [0.29, 0.717) is 36.5 Å². The summed E-state index contributed by atoms with van der Waals surface area (Å²) in [6.45, 7) is 2.99. The molecule has 2 fully saturated rings. The van der Waals surface area contributed by atoms with E-state index in [1.54, 1.807) is 17.0 Å². The summed E-state index contributed by atoms with van der Waals surface area (Å²) < 4.78 is 0. The Labute approximate surface area is 153 Å². The number of carbonyl (C=O) groups is 2. The Hall–Kier alpha value is -1.79. The van der Waals surface area contributed by atoms with Gasteiger partial charge in [0.15, 0.2) is 0 Å². The lowest BCUT2D eigenvalue weighted by Gasteiger charge is -2.32. The topological polar surface area (TPSA) is 73.5 Å². The second-order valence-electron chi connectivity index (χ2n) is 6.71. The van der Waals surface area contributed by atoms with Crippen LogP contribution in [0.2, 0.25) is 5.02 Å². The zero-order valence-electron chi connectivity index (χ0n) is 14.5. The van der Waals surface area contributed by atoms with Crippen molar-refractivity contribution in [2.24, 2.45) is 5.92 Å². The van der Waals surface area contributed by atoms with E-state index in [9.17, 15) is 9.59 Å². The van der Waals surface area contributed by atoms with Crippen LogP contribution in [0.1, 0.15) is 29.6 Å². The van der Waals surface area contributed by atoms with Gasteiger partial charge in [-0.15, -0.1) is 0 Å². The number of benzene rings is 1. The first kappa shape index (κ1) is 18.0. The number of halogens is 1. The number of carbonyl (C=O) groups excluding carboxylic acids is 2. The standard InChI is InChI=1S/C18H25ClN4O2/c1-20-13-2-3-15(16(19)10-13)18(25)23-8-5-12(6-9-23)17(24)22-14-4-7-21-11-14/h2-3,10,12,14,20-21H,4-9,11H2,1H3,(H,22,24). The van der Waals surface area contributed by atoms with Gasteiger partial charge in [-0.3, -0.25) is 9.59 Å². The van der Waals surface area contributed by atoms with Gasteiger partial charge < -0.3 is 20.9 Å². The highest BCUT2D eigenvalue weighted by Gasteiger charge is 2.30. The monoisotopic (exact) mass is 364 g/mol. The van der Waals surface area contributed by atoms with E-state index >= 15 is 0 Å². The van der Waals surface area contributed by atoms with E-state index in [2.05, 4.69) is 16.0 Å². The van der Waals surface area contributed by atoms with Crippen molar-refractivity contribution in [1.29, 1.82) is 0 Å². The van der Waals surface area contributed by atoms with Gasteiger partial charge in [-0.1, -0.05) is 11.6 Å². The Kier molecular flexibility index (Phi) is 5.81. The molecule has 1 unspecified atom stereocenters. The zero-order chi connectivity index (χ0) is 17.8. The molecule has 2 saturated heterocycles. The minimum Gasteiger partial charge on any atom is -0.388 e. The zero-order valence-corrected chi connectivity index (χ0v) is 15.2. The summed E-state index contributed by atoms with van der Waals surface area (Å²) in [6, 6.07) is 5.60. The minimum absolute atomic E-state index is 0.00760. The molecule has 0 radical (unpaired) electrons. The van der Waals surface area contributed by atoms with Crippen LogP contribution in [0.25, 0.3) is 0 Å². The Morgan fingerprint density at radius 1 is 1.24 bits per heavy atom. The Bertz CT molecular complexity index is 638. The van der Waals surface area contributed by atoms with E-state index in [-0.39, 0.29) is 23.8 Å². The third-order valence-electron chi connectivity index (χ3n) is 5.05. The van der Waals surface area contributed by atoms with Crippen molar-refractivity contribution in [3.05, 3.63) is 28.8 Å². The van der Waals surface area contributed by atoms with E-state index in [4.69, 9.17) is 11.6 Å². The lowest BCUT2D eigenvalue weighted by Crippen LogP contribution is -2.45.